The van der Waals surface area contributed by atoms with Crippen molar-refractivity contribution in [1.82, 2.24) is 79.4 Å². The molecular weight excluding hydrogens is 1700 g/mol. The highest BCUT2D eigenvalue weighted by molar-refractivity contribution is 6.26. The van der Waals surface area contributed by atoms with E-state index in [4.69, 9.17) is 37.9 Å². The Labute approximate surface area is 735 Å². The summed E-state index contributed by atoms with van der Waals surface area (Å²) in [4.78, 5) is 144. The molecule has 10 aliphatic heterocycles. The van der Waals surface area contributed by atoms with Gasteiger partial charge >= 0.3 is 0 Å². The molecule has 8 aromatic rings. The van der Waals surface area contributed by atoms with Gasteiger partial charge in [0.05, 0.1) is 123 Å². The van der Waals surface area contributed by atoms with Gasteiger partial charge in [0.25, 0.3) is 48.3 Å². The third-order valence-corrected chi connectivity index (χ3v) is 23.4. The molecule has 40 nitrogen and oxygen atoms in total. The van der Waals surface area contributed by atoms with Crippen molar-refractivity contribution in [3.05, 3.63) is 130 Å². The Hall–Kier alpha value is -11.6. The topological polar surface area (TPSA) is 441 Å². The largest absolute Gasteiger partial charge is 0.384 e. The van der Waals surface area contributed by atoms with Gasteiger partial charge in [-0.25, -0.2) is 36.6 Å². The number of nitrogens with one attached hydrogen (secondary N) is 7. The zero-order chi connectivity index (χ0) is 88.4. The van der Waals surface area contributed by atoms with Gasteiger partial charge in [0.2, 0.25) is 23.6 Å². The molecule has 8 fully saturated rings. The molecule has 2 aromatic carbocycles. The normalized spacial score (nSPS) is 22.0. The van der Waals surface area contributed by atoms with E-state index >= 15 is 0 Å². The van der Waals surface area contributed by atoms with Gasteiger partial charge < -0.3 is 74.3 Å². The van der Waals surface area contributed by atoms with Crippen LogP contribution in [0.5, 0.6) is 0 Å². The number of halogens is 5. The molecule has 0 spiro atoms. The first-order chi connectivity index (χ1) is 61.7. The predicted octanol–water partition coefficient (Wildman–Crippen LogP) is 5.61. The maximum atomic E-state index is 14.2. The zero-order valence-corrected chi connectivity index (χ0v) is 70.8. The molecule has 0 saturated carbocycles. The Morgan fingerprint density at radius 1 is 0.531 bits per heavy atom. The lowest BCUT2D eigenvalue weighted by Gasteiger charge is -2.36. The summed E-state index contributed by atoms with van der Waals surface area (Å²) in [6.45, 7) is 14.0. The van der Waals surface area contributed by atoms with Gasteiger partial charge in [-0.3, -0.25) is 82.6 Å². The second-order valence-electron chi connectivity index (χ2n) is 31.8. The monoisotopic (exact) mass is 1800 g/mol. The molecule has 0 aliphatic carbocycles. The first kappa shape index (κ1) is 91.2. The number of morpholine rings is 2. The van der Waals surface area contributed by atoms with Gasteiger partial charge in [0.15, 0.2) is 35.3 Å². The number of carbonyl (C=O) groups is 10. The lowest BCUT2D eigenvalue weighted by Crippen LogP contribution is -2.54. The number of piperidine rings is 4. The average Bonchev–Trinajstić information content (AvgIpc) is 1.60. The number of fused-ring (bicyclic) bond motifs is 4. The fraction of sp³-hybridized carbons (Fsp3) is 0.518. The summed E-state index contributed by atoms with van der Waals surface area (Å²) in [6.07, 6.45) is 8.72. The minimum Gasteiger partial charge on any atom is -0.384 e. The summed E-state index contributed by atoms with van der Waals surface area (Å²) in [5.74, 6) is -4.08. The first-order valence-electron chi connectivity index (χ1n) is 42.7. The summed E-state index contributed by atoms with van der Waals surface area (Å²) in [5, 5.41) is 35.8. The molecular formula is C83H99ClF4N22O18. The fourth-order valence-electron chi connectivity index (χ4n) is 16.6. The third kappa shape index (κ3) is 20.7. The van der Waals surface area contributed by atoms with Gasteiger partial charge in [-0.2, -0.15) is 20.4 Å². The Kier molecular flexibility index (Phi) is 29.7. The van der Waals surface area contributed by atoms with Crippen molar-refractivity contribution in [1.29, 1.82) is 0 Å². The lowest BCUT2D eigenvalue weighted by molar-refractivity contribution is -0.206. The number of alkyl halides is 4. The minimum atomic E-state index is -2.95. The molecule has 684 valence electrons. The van der Waals surface area contributed by atoms with Gasteiger partial charge in [0.1, 0.15) is 34.8 Å². The molecule has 16 heterocycles. The standard InChI is InChI=1S/C41H47F2N11O9.C21H25F2N7O4.C21H26N4O5.ClH/c42-36(43)35-29(46-38(56)27-19-45-52-13-9-31(47-37(27)52)51-14-17-60-18-15-51)20-53(49-35)24-22-62-33(63-23-24)21-50-11-7-25(8-12-50)61-16-2-10-44-28-4-1-3-26-34(28)41(59)54(40(26)58)30-5-6-32(55)48-39(30)57;1-2-17-33-11-13(12-34-17)30-10-15(18(27-30)19(22)23)25-21(31)14-9-24-29-4-3-16(26-20(14)29)28-5-7-32-8-6-28;26-17-6-5-16(19(27)24-17)25-20(28)14-3-1-4-15(18(14)21(25)29)23-9-2-12-30-13-7-10-22-11-8-13;/h1,3-4,9,13,19-20,24-25,30,33,36,44H,2,5-8,10-12,14-18,21-23H2,(H,46,56)(H,48,55,57);3-4,9-10,13,17,19H,2,5-8,11-12H2,1H3,(H,25,31);1,3-4,13,16,22-23H,2,5-12H2,(H,24,26,27);1H. The highest BCUT2D eigenvalue weighted by atomic mass is 35.5. The van der Waals surface area contributed by atoms with Gasteiger partial charge in [-0.15, -0.1) is 12.4 Å². The number of hydrogen-bond donors (Lipinski definition) is 7. The van der Waals surface area contributed by atoms with Crippen LogP contribution in [-0.2, 0) is 57.1 Å². The SMILES string of the molecule is CCC1OCC(n2cc(NC(=O)c3cnn4ccc(N5CCOCC5)nc34)c(C(F)F)n2)CO1.Cl.O=C1CCC(N2C(=O)c3cccc(NCCCOC4CCN(CC5OCC(n6cc(NC(=O)c7cnn8ccc(N9CCOCC9)nc78)c(C(F)F)n6)CO5)CC4)c3C2=O)C(=O)N1.O=C1CCC(N2C(=O)c3cccc(NCCCOC4CCNCC4)c3C2=O)C(=O)N1. The molecule has 0 radical (unpaired) electrons. The smallest absolute Gasteiger partial charge is 0.284 e. The summed E-state index contributed by atoms with van der Waals surface area (Å²) in [6, 6.07) is 10.8. The van der Waals surface area contributed by atoms with Crippen LogP contribution in [0.1, 0.15) is 176 Å². The van der Waals surface area contributed by atoms with Gasteiger partial charge in [-0.1, -0.05) is 19.1 Å². The van der Waals surface area contributed by atoms with Crippen molar-refractivity contribution in [3.63, 3.8) is 0 Å². The van der Waals surface area contributed by atoms with E-state index in [1.54, 1.807) is 54.9 Å². The molecule has 10 amide bonds. The first-order valence-corrected chi connectivity index (χ1v) is 42.7. The predicted molar refractivity (Wildman–Crippen MR) is 449 cm³/mol. The number of rotatable bonds is 27. The van der Waals surface area contributed by atoms with Crippen LogP contribution in [0, 0.1) is 0 Å². The molecule has 18 rings (SSSR count). The van der Waals surface area contributed by atoms with Gasteiger partial charge in [-0.05, 0) is 107 Å². The summed E-state index contributed by atoms with van der Waals surface area (Å²) >= 11 is 0. The molecule has 7 N–H and O–H groups in total. The quantitative estimate of drug-likeness (QED) is 0.0187. The molecule has 6 aromatic heterocycles. The molecule has 45 heteroatoms. The average molecular weight is 1800 g/mol. The van der Waals surface area contributed by atoms with Crippen LogP contribution in [0.25, 0.3) is 11.3 Å². The number of likely N-dealkylation sites (tertiary alicyclic amines) is 1. The number of carbonyl (C=O) groups excluding carboxylic acids is 10. The van der Waals surface area contributed by atoms with Gasteiger partial charge in [0, 0.05) is 121 Å². The van der Waals surface area contributed by atoms with E-state index in [1.807, 2.05) is 17.9 Å². The van der Waals surface area contributed by atoms with Crippen LogP contribution in [0.3, 0.4) is 0 Å². The highest BCUT2D eigenvalue weighted by Gasteiger charge is 2.48. The van der Waals surface area contributed by atoms with Crippen molar-refractivity contribution in [2.24, 2.45) is 0 Å². The van der Waals surface area contributed by atoms with E-state index in [1.165, 1.54) is 43.2 Å². The molecule has 8 saturated heterocycles. The van der Waals surface area contributed by atoms with Crippen LogP contribution in [0.4, 0.5) is 51.9 Å². The van der Waals surface area contributed by atoms with E-state index in [-0.39, 0.29) is 134 Å². The molecule has 2 atom stereocenters. The summed E-state index contributed by atoms with van der Waals surface area (Å²) in [5.41, 5.74) is 1.68. The van der Waals surface area contributed by atoms with E-state index in [9.17, 15) is 65.5 Å². The molecule has 128 heavy (non-hydrogen) atoms. The number of amides is 10. The maximum absolute atomic E-state index is 14.2. The Balaban J connectivity index is 0.000000163. The molecule has 0 bridgehead atoms. The number of ether oxygens (including phenoxy) is 8. The Morgan fingerprint density at radius 3 is 1.38 bits per heavy atom. The fourth-order valence-corrected chi connectivity index (χ4v) is 16.6. The number of aromatic nitrogens is 10. The highest BCUT2D eigenvalue weighted by Crippen LogP contribution is 2.37. The number of benzene rings is 2. The molecule has 10 aliphatic rings. The lowest BCUT2D eigenvalue weighted by atomic mass is 10.0. The number of anilines is 6. The third-order valence-electron chi connectivity index (χ3n) is 23.4. The van der Waals surface area contributed by atoms with Crippen molar-refractivity contribution in [3.8, 4) is 0 Å². The summed E-state index contributed by atoms with van der Waals surface area (Å²) < 4.78 is 107. The maximum Gasteiger partial charge on any atom is 0.284 e. The molecule has 2 unspecified atom stereocenters. The zero-order valence-electron chi connectivity index (χ0n) is 70.0. The van der Waals surface area contributed by atoms with E-state index in [0.717, 1.165) is 68.1 Å². The van der Waals surface area contributed by atoms with Crippen LogP contribution in [0.2, 0.25) is 0 Å². The van der Waals surface area contributed by atoms with E-state index in [2.05, 4.69) is 77.4 Å². The Morgan fingerprint density at radius 2 is 0.961 bits per heavy atom. The number of hydrogen-bond acceptors (Lipinski definition) is 30. The van der Waals surface area contributed by atoms with Crippen molar-refractivity contribution < 1.29 is 103 Å². The second kappa shape index (κ2) is 41.7. The second-order valence-corrected chi connectivity index (χ2v) is 31.8. The number of nitrogens with zero attached hydrogens (tertiary/aromatic N) is 15. The van der Waals surface area contributed by atoms with Crippen LogP contribution in [0.15, 0.2) is 85.7 Å². The minimum absolute atomic E-state index is 0. The van der Waals surface area contributed by atoms with Crippen molar-refractivity contribution >= 4 is 117 Å². The Bertz CT molecular complexity index is 5370. The van der Waals surface area contributed by atoms with Crippen molar-refractivity contribution in [2.75, 3.05) is 169 Å². The van der Waals surface area contributed by atoms with Crippen LogP contribution >= 0.6 is 12.4 Å². The van der Waals surface area contributed by atoms with Crippen LogP contribution < -0.4 is 47.0 Å². The van der Waals surface area contributed by atoms with Crippen molar-refractivity contribution in [2.45, 2.75) is 139 Å². The van der Waals surface area contributed by atoms with E-state index < -0.39 is 102 Å². The summed E-state index contributed by atoms with van der Waals surface area (Å²) in [7, 11) is 0. The van der Waals surface area contributed by atoms with E-state index in [0.29, 0.717) is 139 Å². The van der Waals surface area contributed by atoms with Crippen LogP contribution in [-0.4, -0.2) is 297 Å². The number of imide groups is 4.